The number of amides is 3. The molecule has 7 heteroatoms. The second kappa shape index (κ2) is 7.89. The van der Waals surface area contributed by atoms with Gasteiger partial charge in [-0.25, -0.2) is 4.39 Å². The second-order valence-electron chi connectivity index (χ2n) is 8.04. The Hall–Kier alpha value is -3.22. The van der Waals surface area contributed by atoms with Crippen LogP contribution < -0.4 is 10.6 Å². The average molecular weight is 409 g/mol. The Balaban J connectivity index is 1.47. The van der Waals surface area contributed by atoms with E-state index in [4.69, 9.17) is 0 Å². The zero-order chi connectivity index (χ0) is 21.3. The molecule has 0 atom stereocenters. The number of nitrogens with zero attached hydrogens (tertiary/aromatic N) is 1. The molecule has 0 aromatic heterocycles. The lowest BCUT2D eigenvalue weighted by Crippen LogP contribution is -2.48. The molecule has 6 nitrogen and oxygen atoms in total. The Morgan fingerprint density at radius 2 is 1.67 bits per heavy atom. The Labute approximate surface area is 174 Å². The Morgan fingerprint density at radius 1 is 0.967 bits per heavy atom. The van der Waals surface area contributed by atoms with Crippen LogP contribution in [0.5, 0.6) is 0 Å². The van der Waals surface area contributed by atoms with Crippen molar-refractivity contribution < 1.29 is 18.8 Å². The van der Waals surface area contributed by atoms with Crippen LogP contribution in [-0.2, 0) is 33.0 Å². The summed E-state index contributed by atoms with van der Waals surface area (Å²) in [6.07, 6.45) is 2.89. The number of rotatable bonds is 3. The van der Waals surface area contributed by atoms with E-state index in [1.165, 1.54) is 13.0 Å². The standard InChI is InChI=1S/C23H24FN3O3/c1-15(28)27-13-16-8-9-18(12-17(16)14-27)25-21(29)22(30)26-23(10-4-5-11-23)19-6-2-3-7-20(19)24/h2-3,6-9,12H,4-5,10-11,13-14H2,1H3,(H,25,29)(H,26,30). The van der Waals surface area contributed by atoms with E-state index in [9.17, 15) is 18.8 Å². The van der Waals surface area contributed by atoms with Gasteiger partial charge in [0, 0.05) is 31.3 Å². The highest BCUT2D eigenvalue weighted by Gasteiger charge is 2.40. The van der Waals surface area contributed by atoms with Crippen LogP contribution in [0, 0.1) is 5.82 Å². The first-order chi connectivity index (χ1) is 14.4. The molecule has 0 bridgehead atoms. The summed E-state index contributed by atoms with van der Waals surface area (Å²) in [5.41, 5.74) is 2.02. The van der Waals surface area contributed by atoms with E-state index in [0.717, 1.165) is 24.0 Å². The lowest BCUT2D eigenvalue weighted by atomic mass is 9.87. The molecular weight excluding hydrogens is 385 g/mol. The van der Waals surface area contributed by atoms with Crippen molar-refractivity contribution in [3.05, 3.63) is 65.0 Å². The second-order valence-corrected chi connectivity index (χ2v) is 8.04. The molecular formula is C23H24FN3O3. The van der Waals surface area contributed by atoms with Gasteiger partial charge in [0.05, 0.1) is 5.54 Å². The van der Waals surface area contributed by atoms with Crippen LogP contribution in [0.4, 0.5) is 10.1 Å². The normalized spacial score (nSPS) is 16.8. The van der Waals surface area contributed by atoms with Gasteiger partial charge < -0.3 is 15.5 Å². The minimum Gasteiger partial charge on any atom is -0.338 e. The van der Waals surface area contributed by atoms with Gasteiger partial charge >= 0.3 is 11.8 Å². The van der Waals surface area contributed by atoms with Gasteiger partial charge in [0.25, 0.3) is 0 Å². The summed E-state index contributed by atoms with van der Waals surface area (Å²) in [7, 11) is 0. The number of nitrogens with one attached hydrogen (secondary N) is 2. The van der Waals surface area contributed by atoms with Crippen molar-refractivity contribution in [2.24, 2.45) is 0 Å². The quantitative estimate of drug-likeness (QED) is 0.764. The van der Waals surface area contributed by atoms with Crippen molar-refractivity contribution in [3.8, 4) is 0 Å². The third-order valence-corrected chi connectivity index (χ3v) is 6.04. The zero-order valence-corrected chi connectivity index (χ0v) is 16.8. The molecule has 0 saturated heterocycles. The molecule has 1 aliphatic heterocycles. The first-order valence-corrected chi connectivity index (χ1v) is 10.1. The van der Waals surface area contributed by atoms with Crippen molar-refractivity contribution in [2.75, 3.05) is 5.32 Å². The van der Waals surface area contributed by atoms with Crippen molar-refractivity contribution >= 4 is 23.4 Å². The Morgan fingerprint density at radius 3 is 2.37 bits per heavy atom. The first-order valence-electron chi connectivity index (χ1n) is 10.1. The van der Waals surface area contributed by atoms with Crippen LogP contribution in [0.3, 0.4) is 0 Å². The number of halogens is 1. The van der Waals surface area contributed by atoms with Crippen LogP contribution in [0.1, 0.15) is 49.3 Å². The summed E-state index contributed by atoms with van der Waals surface area (Å²) < 4.78 is 14.4. The highest BCUT2D eigenvalue weighted by atomic mass is 19.1. The number of carbonyl (C=O) groups excluding carboxylic acids is 3. The van der Waals surface area contributed by atoms with Crippen LogP contribution in [0.2, 0.25) is 0 Å². The van der Waals surface area contributed by atoms with Crippen LogP contribution in [-0.4, -0.2) is 22.6 Å². The van der Waals surface area contributed by atoms with Crippen molar-refractivity contribution in [2.45, 2.75) is 51.2 Å². The maximum absolute atomic E-state index is 14.4. The van der Waals surface area contributed by atoms with Gasteiger partial charge in [0.2, 0.25) is 5.91 Å². The fraction of sp³-hybridized carbons (Fsp3) is 0.348. The lowest BCUT2D eigenvalue weighted by molar-refractivity contribution is -0.137. The van der Waals surface area contributed by atoms with E-state index in [2.05, 4.69) is 10.6 Å². The molecule has 156 valence electrons. The van der Waals surface area contributed by atoms with Gasteiger partial charge in [-0.1, -0.05) is 37.1 Å². The molecule has 3 amide bonds. The van der Waals surface area contributed by atoms with E-state index in [1.54, 1.807) is 35.2 Å². The predicted molar refractivity (Wildman–Crippen MR) is 110 cm³/mol. The monoisotopic (exact) mass is 409 g/mol. The van der Waals surface area contributed by atoms with Crippen LogP contribution >= 0.6 is 0 Å². The van der Waals surface area contributed by atoms with E-state index < -0.39 is 17.4 Å². The first kappa shape index (κ1) is 20.1. The van der Waals surface area contributed by atoms with Gasteiger partial charge in [-0.3, -0.25) is 14.4 Å². The fourth-order valence-electron chi connectivity index (χ4n) is 4.45. The summed E-state index contributed by atoms with van der Waals surface area (Å²) in [6.45, 7) is 2.55. The van der Waals surface area contributed by atoms with Crippen LogP contribution in [0.15, 0.2) is 42.5 Å². The molecule has 0 unspecified atom stereocenters. The predicted octanol–water partition coefficient (Wildman–Crippen LogP) is 3.21. The maximum Gasteiger partial charge on any atom is 0.313 e. The summed E-state index contributed by atoms with van der Waals surface area (Å²) in [4.78, 5) is 38.5. The van der Waals surface area contributed by atoms with Crippen molar-refractivity contribution in [1.29, 1.82) is 0 Å². The lowest BCUT2D eigenvalue weighted by Gasteiger charge is -2.31. The average Bonchev–Trinajstić information content (AvgIpc) is 3.35. The molecule has 1 saturated carbocycles. The molecule has 0 radical (unpaired) electrons. The van der Waals surface area contributed by atoms with Gasteiger partial charge in [-0.05, 0) is 42.2 Å². The van der Waals surface area contributed by atoms with E-state index >= 15 is 0 Å². The maximum atomic E-state index is 14.4. The summed E-state index contributed by atoms with van der Waals surface area (Å²) >= 11 is 0. The molecule has 2 aromatic carbocycles. The van der Waals surface area contributed by atoms with Crippen LogP contribution in [0.25, 0.3) is 0 Å². The molecule has 2 N–H and O–H groups in total. The largest absolute Gasteiger partial charge is 0.338 e. The van der Waals surface area contributed by atoms with Crippen molar-refractivity contribution in [1.82, 2.24) is 10.2 Å². The molecule has 30 heavy (non-hydrogen) atoms. The number of hydrogen-bond donors (Lipinski definition) is 2. The Bertz CT molecular complexity index is 1010. The SMILES string of the molecule is CC(=O)N1Cc2ccc(NC(=O)C(=O)NC3(c4ccccc4F)CCCC3)cc2C1. The molecule has 2 aliphatic rings. The van der Waals surface area contributed by atoms with Crippen molar-refractivity contribution in [3.63, 3.8) is 0 Å². The molecule has 1 fully saturated rings. The number of carbonyl (C=O) groups is 3. The van der Waals surface area contributed by atoms with Gasteiger partial charge in [-0.15, -0.1) is 0 Å². The molecule has 1 aliphatic carbocycles. The van der Waals surface area contributed by atoms with E-state index in [-0.39, 0.29) is 11.7 Å². The number of anilines is 1. The topological polar surface area (TPSA) is 78.5 Å². The molecule has 2 aromatic rings. The molecule has 4 rings (SSSR count). The summed E-state index contributed by atoms with van der Waals surface area (Å²) in [5, 5.41) is 5.42. The number of fused-ring (bicyclic) bond motifs is 1. The molecule has 1 heterocycles. The highest BCUT2D eigenvalue weighted by molar-refractivity contribution is 6.39. The van der Waals surface area contributed by atoms with Gasteiger partial charge in [0.1, 0.15) is 5.82 Å². The van der Waals surface area contributed by atoms with Gasteiger partial charge in [-0.2, -0.15) is 0 Å². The molecule has 0 spiro atoms. The third kappa shape index (κ3) is 3.79. The minimum atomic E-state index is -0.861. The summed E-state index contributed by atoms with van der Waals surface area (Å²) in [6, 6.07) is 11.7. The Kier molecular flexibility index (Phi) is 5.28. The number of hydrogen-bond acceptors (Lipinski definition) is 3. The fourth-order valence-corrected chi connectivity index (χ4v) is 4.45. The highest BCUT2D eigenvalue weighted by Crippen LogP contribution is 2.39. The van der Waals surface area contributed by atoms with Gasteiger partial charge in [0.15, 0.2) is 0 Å². The third-order valence-electron chi connectivity index (χ3n) is 6.04. The zero-order valence-electron chi connectivity index (χ0n) is 16.8. The van der Waals surface area contributed by atoms with E-state index in [1.807, 2.05) is 6.07 Å². The van der Waals surface area contributed by atoms with E-state index in [0.29, 0.717) is 37.2 Å². The smallest absolute Gasteiger partial charge is 0.313 e. The number of benzene rings is 2. The minimum absolute atomic E-state index is 0.00818. The summed E-state index contributed by atoms with van der Waals surface area (Å²) in [5.74, 6) is -1.97.